The number of nitrogens with one attached hydrogen (secondary N) is 1. The molecular formula is C40H33CrN4O16S4+5. The van der Waals surface area contributed by atoms with Crippen LogP contribution in [-0.4, -0.2) is 72.3 Å². The van der Waals surface area contributed by atoms with E-state index in [0.717, 1.165) is 18.2 Å². The van der Waals surface area contributed by atoms with E-state index >= 15 is 0 Å². The topological polar surface area (TPSA) is 362 Å². The average Bonchev–Trinajstić information content (AvgIpc) is 3.22. The van der Waals surface area contributed by atoms with Crippen molar-refractivity contribution in [3.63, 3.8) is 0 Å². The second-order valence-corrected chi connectivity index (χ2v) is 19.3. The zero-order valence-electron chi connectivity index (χ0n) is 32.5. The van der Waals surface area contributed by atoms with Gasteiger partial charge in [-0.25, -0.2) is 0 Å². The van der Waals surface area contributed by atoms with E-state index in [2.05, 4.69) is 20.5 Å². The number of benzene rings is 8. The van der Waals surface area contributed by atoms with Gasteiger partial charge in [0.2, 0.25) is 10.6 Å². The Bertz CT molecular complexity index is 3550. The van der Waals surface area contributed by atoms with Gasteiger partial charge in [0.1, 0.15) is 37.6 Å². The third kappa shape index (κ3) is 9.60. The monoisotopic (exact) mass is 1010 g/mol. The van der Waals surface area contributed by atoms with E-state index < -0.39 is 66.7 Å². The summed E-state index contributed by atoms with van der Waals surface area (Å²) in [7, 11) is -18.0. The Morgan fingerprint density at radius 3 is 1.54 bits per heavy atom. The average molecular weight is 1010 g/mol. The third-order valence-corrected chi connectivity index (χ3v) is 13.2. The zero-order chi connectivity index (χ0) is 46.5. The number of hydrogen-bond donors (Lipinski definition) is 6. The molecular weight excluding hydrogens is 973 g/mol. The second-order valence-electron chi connectivity index (χ2n) is 13.6. The molecule has 0 heterocycles. The Labute approximate surface area is 378 Å². The van der Waals surface area contributed by atoms with Crippen molar-refractivity contribution in [1.29, 1.82) is 0 Å². The van der Waals surface area contributed by atoms with Gasteiger partial charge < -0.3 is 20.4 Å². The Hall–Kier alpha value is -6.63. The first-order valence-corrected chi connectivity index (χ1v) is 23.7. The summed E-state index contributed by atoms with van der Waals surface area (Å²) in [6, 6.07) is 28.1. The van der Waals surface area contributed by atoms with Gasteiger partial charge in [-0.05, 0) is 41.1 Å². The van der Waals surface area contributed by atoms with Gasteiger partial charge in [0.15, 0.2) is 0 Å². The normalized spacial score (nSPS) is 13.2. The van der Waals surface area contributed by atoms with E-state index in [4.69, 9.17) is 14.8 Å². The Morgan fingerprint density at radius 2 is 0.969 bits per heavy atom. The maximum atomic E-state index is 12.1. The number of phenols is 2. The Morgan fingerprint density at radius 1 is 0.492 bits per heavy atom. The third-order valence-electron chi connectivity index (χ3n) is 9.56. The molecule has 8 aromatic carbocycles. The predicted molar refractivity (Wildman–Crippen MR) is 234 cm³/mol. The van der Waals surface area contributed by atoms with Gasteiger partial charge in [-0.1, -0.05) is 77.9 Å². The molecule has 0 aliphatic rings. The largest absolute Gasteiger partial charge is 0.592 e. The van der Waals surface area contributed by atoms with E-state index in [9.17, 15) is 57.5 Å². The first kappa shape index (κ1) is 47.8. The van der Waals surface area contributed by atoms with Crippen molar-refractivity contribution in [3.05, 3.63) is 121 Å². The van der Waals surface area contributed by atoms with Crippen molar-refractivity contribution in [2.24, 2.45) is 15.3 Å². The molecule has 1 atom stereocenters. The van der Waals surface area contributed by atoms with Crippen LogP contribution in [0.3, 0.4) is 0 Å². The first-order chi connectivity index (χ1) is 30.0. The minimum atomic E-state index is -4.67. The molecule has 0 spiro atoms. The number of nitrogens with zero attached hydrogens (tertiary/aromatic N) is 3. The molecule has 1 unspecified atom stereocenters. The Kier molecular flexibility index (Phi) is 13.1. The minimum absolute atomic E-state index is 0. The fourth-order valence-electron chi connectivity index (χ4n) is 6.83. The summed E-state index contributed by atoms with van der Waals surface area (Å²) in [5.74, 6) is -1.45. The molecule has 0 aromatic heterocycles. The smallest absolute Gasteiger partial charge is 0.550 e. The van der Waals surface area contributed by atoms with Gasteiger partial charge in [-0.3, -0.25) is 18.2 Å². The summed E-state index contributed by atoms with van der Waals surface area (Å²) in [5.41, 5.74) is -0.390. The van der Waals surface area contributed by atoms with Crippen LogP contribution >= 0.6 is 0 Å². The van der Waals surface area contributed by atoms with Crippen molar-refractivity contribution < 1.29 is 94.8 Å². The van der Waals surface area contributed by atoms with Crippen LogP contribution in [0.5, 0.6) is 23.0 Å². The van der Waals surface area contributed by atoms with Crippen LogP contribution in [0, 0.1) is 0 Å². The van der Waals surface area contributed by atoms with E-state index in [1.807, 2.05) is 0 Å². The molecule has 8 rings (SSSR count). The molecule has 8 aromatic rings. The summed E-state index contributed by atoms with van der Waals surface area (Å²) in [4.78, 5) is -1.67. The van der Waals surface area contributed by atoms with Crippen molar-refractivity contribution in [2.45, 2.75) is 19.6 Å². The SMILES string of the molecule is O=S(=O)(O)c1cc(O)c(N=Nc2c(O)ccc3cccc(S(=O)(=O)O)c23)c2ccccc12.O=S(=O)(O)c1cc([OH2+])c([NH+]=Nc2c([OH2+])ccc3cccc(S(=O)(=[OH+])[OH2+])c23)c2ccccc12.[Cr]. The van der Waals surface area contributed by atoms with Crippen LogP contribution < -0.4 is 5.11 Å². The van der Waals surface area contributed by atoms with Crippen LogP contribution in [0.4, 0.5) is 22.7 Å². The van der Waals surface area contributed by atoms with E-state index in [-0.39, 0.29) is 88.8 Å². The molecule has 0 saturated carbocycles. The summed E-state index contributed by atoms with van der Waals surface area (Å²) in [6.07, 6.45) is 0. The number of hydrogen-bond acceptors (Lipinski definition) is 12. The van der Waals surface area contributed by atoms with Gasteiger partial charge in [0, 0.05) is 56.2 Å². The molecule has 0 aliphatic carbocycles. The van der Waals surface area contributed by atoms with Crippen LogP contribution in [-0.2, 0) is 57.8 Å². The van der Waals surface area contributed by atoms with Crippen LogP contribution in [0.15, 0.2) is 156 Å². The molecule has 25 heteroatoms. The van der Waals surface area contributed by atoms with Gasteiger partial charge in [0.05, 0.1) is 16.8 Å². The van der Waals surface area contributed by atoms with E-state index in [0.29, 0.717) is 10.8 Å². The molecule has 0 fully saturated rings. The molecule has 0 saturated heterocycles. The summed E-state index contributed by atoms with van der Waals surface area (Å²) < 4.78 is 129. The number of fused-ring (bicyclic) bond motifs is 4. The van der Waals surface area contributed by atoms with Crippen molar-refractivity contribution >= 4 is 106 Å². The quantitative estimate of drug-likeness (QED) is 0.0625. The van der Waals surface area contributed by atoms with Gasteiger partial charge in [0.25, 0.3) is 36.1 Å². The molecule has 13 N–H and O–H groups in total. The first-order valence-electron chi connectivity index (χ1n) is 17.8. The predicted octanol–water partition coefficient (Wildman–Crippen LogP) is 5.49. The van der Waals surface area contributed by atoms with Crippen molar-refractivity contribution in [3.8, 4) is 23.0 Å². The van der Waals surface area contributed by atoms with Gasteiger partial charge in [-0.2, -0.15) is 29.5 Å². The molecule has 65 heavy (non-hydrogen) atoms. The van der Waals surface area contributed by atoms with Crippen molar-refractivity contribution in [1.82, 2.24) is 0 Å². The molecule has 0 radical (unpaired) electrons. The van der Waals surface area contributed by atoms with E-state index in [1.54, 1.807) is 36.4 Å². The summed E-state index contributed by atoms with van der Waals surface area (Å²) in [5, 5.41) is 53.3. The molecule has 0 amide bonds. The second kappa shape index (κ2) is 17.7. The van der Waals surface area contributed by atoms with Gasteiger partial charge >= 0.3 is 21.6 Å². The maximum Gasteiger partial charge on any atom is 0.550 e. The maximum absolute atomic E-state index is 12.1. The van der Waals surface area contributed by atoms with Crippen LogP contribution in [0.2, 0.25) is 0 Å². The number of azo groups is 2. The fraction of sp³-hybridized carbons (Fsp3) is 0. The zero-order valence-corrected chi connectivity index (χ0v) is 37.0. The number of rotatable bonds is 8. The van der Waals surface area contributed by atoms with Gasteiger partial charge in [-0.15, -0.1) is 14.4 Å². The minimum Gasteiger partial charge on any atom is -0.592 e. The van der Waals surface area contributed by atoms with Crippen LogP contribution in [0.1, 0.15) is 0 Å². The fourth-order valence-corrected chi connectivity index (χ4v) is 9.74. The molecule has 0 aliphatic heterocycles. The molecule has 20 nitrogen and oxygen atoms in total. The number of phenolic OH excluding ortho intramolecular Hbond substituents is 2. The standard InChI is InChI=1S/2C20H14N2O8S2.Cr/c2*23-14-9-8-11-4-3-7-16(31(25,26)27)18(11)20(14)22-21-19-13-6-2-1-5-12(13)17(10-15(19)24)32(28,29)30;/h2*1-10,23-24H,(H,25,26,27)(H,28,29,30);/p+5. The summed E-state index contributed by atoms with van der Waals surface area (Å²) in [6.45, 7) is 0. The molecule has 0 bridgehead atoms. The summed E-state index contributed by atoms with van der Waals surface area (Å²) >= 11 is 0. The van der Waals surface area contributed by atoms with E-state index in [1.165, 1.54) is 66.7 Å². The number of aromatic hydroxyl groups is 2. The van der Waals surface area contributed by atoms with Crippen molar-refractivity contribution in [2.75, 3.05) is 0 Å². The molecule has 334 valence electrons. The van der Waals surface area contributed by atoms with Crippen LogP contribution in [0.25, 0.3) is 43.1 Å². The Balaban J connectivity index is 0.000000212.